The molecule has 0 spiro atoms. The molecule has 134 valence electrons. The second-order valence-corrected chi connectivity index (χ2v) is 6.54. The van der Waals surface area contributed by atoms with Gasteiger partial charge in [-0.2, -0.15) is 0 Å². The second-order valence-electron chi connectivity index (χ2n) is 6.54. The molecule has 1 aromatic carbocycles. The molecule has 1 amide bonds. The summed E-state index contributed by atoms with van der Waals surface area (Å²) in [6, 6.07) is 5.50. The predicted molar refractivity (Wildman–Crippen MR) is 96.1 cm³/mol. The van der Waals surface area contributed by atoms with Gasteiger partial charge >= 0.3 is 0 Å². The molecule has 7 heteroatoms. The first-order valence-corrected chi connectivity index (χ1v) is 7.91. The van der Waals surface area contributed by atoms with Gasteiger partial charge in [0.15, 0.2) is 11.5 Å². The van der Waals surface area contributed by atoms with E-state index in [4.69, 9.17) is 9.47 Å². The number of rotatable bonds is 6. The number of aromatic nitrogens is 2. The smallest absolute Gasteiger partial charge is 0.254 e. The summed E-state index contributed by atoms with van der Waals surface area (Å²) < 4.78 is 10.5. The molecule has 2 aromatic rings. The number of carbonyl (C=O) groups excluding carboxylic acids is 1. The van der Waals surface area contributed by atoms with E-state index in [1.807, 2.05) is 32.9 Å². The highest BCUT2D eigenvalue weighted by molar-refractivity contribution is 5.93. The van der Waals surface area contributed by atoms with Gasteiger partial charge in [0.2, 0.25) is 5.95 Å². The predicted octanol–water partition coefficient (Wildman–Crippen LogP) is 2.63. The molecule has 2 N–H and O–H groups in total. The van der Waals surface area contributed by atoms with Crippen LogP contribution in [0.5, 0.6) is 11.5 Å². The van der Waals surface area contributed by atoms with Crippen LogP contribution in [0.25, 0.3) is 0 Å². The van der Waals surface area contributed by atoms with Crippen LogP contribution >= 0.6 is 0 Å². The quantitative estimate of drug-likeness (QED) is 0.838. The van der Waals surface area contributed by atoms with Crippen molar-refractivity contribution in [3.05, 3.63) is 41.7 Å². The van der Waals surface area contributed by atoms with E-state index >= 15 is 0 Å². The van der Waals surface area contributed by atoms with Crippen LogP contribution in [0.15, 0.2) is 30.6 Å². The number of methoxy groups -OCH3 is 2. The van der Waals surface area contributed by atoms with Crippen LogP contribution in [0, 0.1) is 0 Å². The minimum Gasteiger partial charge on any atom is -0.493 e. The van der Waals surface area contributed by atoms with Crippen LogP contribution in [-0.2, 0) is 6.54 Å². The first-order valence-electron chi connectivity index (χ1n) is 7.91. The molecule has 0 fully saturated rings. The fourth-order valence-electron chi connectivity index (χ4n) is 2.12. The maximum absolute atomic E-state index is 12.2. The van der Waals surface area contributed by atoms with Crippen molar-refractivity contribution in [3.8, 4) is 11.5 Å². The molecule has 1 aromatic heterocycles. The molecule has 2 rings (SSSR count). The third-order valence-corrected chi connectivity index (χ3v) is 3.30. The number of ether oxygens (including phenoxy) is 2. The van der Waals surface area contributed by atoms with E-state index in [0.717, 1.165) is 5.56 Å². The number of nitrogens with zero attached hydrogens (tertiary/aromatic N) is 2. The minimum atomic E-state index is -0.239. The van der Waals surface area contributed by atoms with E-state index in [2.05, 4.69) is 20.6 Å². The lowest BCUT2D eigenvalue weighted by molar-refractivity contribution is 0.0950. The molecule has 1 heterocycles. The van der Waals surface area contributed by atoms with Gasteiger partial charge in [-0.15, -0.1) is 0 Å². The molecule has 0 aliphatic rings. The van der Waals surface area contributed by atoms with Crippen molar-refractivity contribution in [2.24, 2.45) is 0 Å². The number of benzene rings is 1. The lowest BCUT2D eigenvalue weighted by Crippen LogP contribution is -2.28. The monoisotopic (exact) mass is 344 g/mol. The molecular weight excluding hydrogens is 320 g/mol. The summed E-state index contributed by atoms with van der Waals surface area (Å²) in [7, 11) is 3.15. The molecule has 0 radical (unpaired) electrons. The van der Waals surface area contributed by atoms with Gasteiger partial charge in [0.1, 0.15) is 0 Å². The zero-order chi connectivity index (χ0) is 18.4. The molecule has 0 unspecified atom stereocenters. The van der Waals surface area contributed by atoms with Crippen molar-refractivity contribution < 1.29 is 14.3 Å². The fourth-order valence-corrected chi connectivity index (χ4v) is 2.12. The number of nitrogens with one attached hydrogen (secondary N) is 2. The van der Waals surface area contributed by atoms with E-state index in [-0.39, 0.29) is 11.4 Å². The Hall–Kier alpha value is -2.83. The maximum Gasteiger partial charge on any atom is 0.254 e. The minimum absolute atomic E-state index is 0.142. The Morgan fingerprint density at radius 3 is 2.28 bits per heavy atom. The summed E-state index contributed by atoms with van der Waals surface area (Å²) in [5.41, 5.74) is 1.16. The lowest BCUT2D eigenvalue weighted by atomic mass is 10.1. The van der Waals surface area contributed by atoms with Crippen LogP contribution in [0.1, 0.15) is 36.7 Å². The van der Waals surface area contributed by atoms with Gasteiger partial charge in [0, 0.05) is 24.5 Å². The molecule has 7 nitrogen and oxygen atoms in total. The first-order chi connectivity index (χ1) is 11.8. The van der Waals surface area contributed by atoms with E-state index < -0.39 is 0 Å². The zero-order valence-electron chi connectivity index (χ0n) is 15.2. The van der Waals surface area contributed by atoms with Crippen LogP contribution < -0.4 is 20.1 Å². The van der Waals surface area contributed by atoms with Gasteiger partial charge in [-0.25, -0.2) is 9.97 Å². The molecule has 0 aliphatic heterocycles. The van der Waals surface area contributed by atoms with Gasteiger partial charge in [-0.05, 0) is 38.5 Å². The number of hydrogen-bond donors (Lipinski definition) is 2. The second kappa shape index (κ2) is 7.83. The molecule has 0 saturated carbocycles. The molecule has 25 heavy (non-hydrogen) atoms. The van der Waals surface area contributed by atoms with Gasteiger partial charge in [-0.3, -0.25) is 4.79 Å². The third kappa shape index (κ3) is 5.34. The largest absolute Gasteiger partial charge is 0.493 e. The Bertz CT molecular complexity index is 724. The van der Waals surface area contributed by atoms with Gasteiger partial charge in [-0.1, -0.05) is 6.07 Å². The summed E-state index contributed by atoms with van der Waals surface area (Å²) in [5, 5.41) is 5.98. The summed E-state index contributed by atoms with van der Waals surface area (Å²) in [5.74, 6) is 1.52. The van der Waals surface area contributed by atoms with Crippen LogP contribution in [0.4, 0.5) is 5.95 Å². The lowest BCUT2D eigenvalue weighted by Gasteiger charge is -2.20. The summed E-state index contributed by atoms with van der Waals surface area (Å²) in [4.78, 5) is 20.6. The molecule has 0 aliphatic carbocycles. The number of anilines is 1. The number of hydrogen-bond acceptors (Lipinski definition) is 6. The van der Waals surface area contributed by atoms with E-state index in [1.54, 1.807) is 20.3 Å². The van der Waals surface area contributed by atoms with Crippen molar-refractivity contribution in [1.29, 1.82) is 0 Å². The van der Waals surface area contributed by atoms with Gasteiger partial charge < -0.3 is 20.1 Å². The zero-order valence-corrected chi connectivity index (χ0v) is 15.2. The van der Waals surface area contributed by atoms with E-state index in [9.17, 15) is 4.79 Å². The maximum atomic E-state index is 12.2. The number of amides is 1. The first kappa shape index (κ1) is 18.5. The highest BCUT2D eigenvalue weighted by Crippen LogP contribution is 2.27. The molecule has 0 atom stereocenters. The normalized spacial score (nSPS) is 10.9. The van der Waals surface area contributed by atoms with Crippen LogP contribution in [-0.4, -0.2) is 35.6 Å². The molecular formula is C18H24N4O3. The Morgan fingerprint density at radius 2 is 1.72 bits per heavy atom. The summed E-state index contributed by atoms with van der Waals surface area (Å²) in [6.07, 6.45) is 3.01. The van der Waals surface area contributed by atoms with Crippen molar-refractivity contribution >= 4 is 11.9 Å². The highest BCUT2D eigenvalue weighted by Gasteiger charge is 2.12. The summed E-state index contributed by atoms with van der Waals surface area (Å²) >= 11 is 0. The van der Waals surface area contributed by atoms with Gasteiger partial charge in [0.25, 0.3) is 5.91 Å². The van der Waals surface area contributed by atoms with E-state index in [1.165, 1.54) is 12.4 Å². The fraction of sp³-hybridized carbons (Fsp3) is 0.389. The topological polar surface area (TPSA) is 85.4 Å². The number of carbonyl (C=O) groups is 1. The highest BCUT2D eigenvalue weighted by atomic mass is 16.5. The van der Waals surface area contributed by atoms with Crippen LogP contribution in [0.2, 0.25) is 0 Å². The summed E-state index contributed by atoms with van der Waals surface area (Å²) in [6.45, 7) is 6.40. The van der Waals surface area contributed by atoms with Crippen molar-refractivity contribution in [3.63, 3.8) is 0 Å². The third-order valence-electron chi connectivity index (χ3n) is 3.30. The van der Waals surface area contributed by atoms with Crippen molar-refractivity contribution in [2.45, 2.75) is 32.9 Å². The van der Waals surface area contributed by atoms with E-state index in [0.29, 0.717) is 29.6 Å². The average Bonchev–Trinajstić information content (AvgIpc) is 2.58. The standard InChI is InChI=1S/C18H24N4O3/c1-18(2,3)22-17-20-10-13(11-21-17)16(23)19-9-12-6-7-14(24-4)15(8-12)25-5/h6-8,10-11H,9H2,1-5H3,(H,19,23)(H,20,21,22). The van der Waals surface area contributed by atoms with Crippen molar-refractivity contribution in [1.82, 2.24) is 15.3 Å². The van der Waals surface area contributed by atoms with Gasteiger partial charge in [0.05, 0.1) is 19.8 Å². The van der Waals surface area contributed by atoms with Crippen molar-refractivity contribution in [2.75, 3.05) is 19.5 Å². The van der Waals surface area contributed by atoms with Crippen LogP contribution in [0.3, 0.4) is 0 Å². The SMILES string of the molecule is COc1ccc(CNC(=O)c2cnc(NC(C)(C)C)nc2)cc1OC. The Balaban J connectivity index is 1.98. The Labute approximate surface area is 147 Å². The molecule has 0 bridgehead atoms. The Morgan fingerprint density at radius 1 is 1.08 bits per heavy atom. The molecule has 0 saturated heterocycles. The average molecular weight is 344 g/mol. The Kier molecular flexibility index (Phi) is 5.80.